The Hall–Kier alpha value is 0. The van der Waals surface area contributed by atoms with Crippen molar-refractivity contribution in [1.29, 1.82) is 0 Å². The molecule has 0 radical (unpaired) electrons. The second kappa shape index (κ2) is 17.6. The van der Waals surface area contributed by atoms with Crippen LogP contribution >= 0.6 is 0 Å². The molecule has 220 valence electrons. The highest BCUT2D eigenvalue weighted by Gasteiger charge is 2.27. The zero-order chi connectivity index (χ0) is 28.8. The lowest BCUT2D eigenvalue weighted by molar-refractivity contribution is 0.226. The van der Waals surface area contributed by atoms with Crippen molar-refractivity contribution in [3.05, 3.63) is 0 Å². The fraction of sp³-hybridized carbons (Fsp3) is 1.00. The van der Waals surface area contributed by atoms with Gasteiger partial charge in [-0.3, -0.25) is 0 Å². The van der Waals surface area contributed by atoms with Gasteiger partial charge in [0.1, 0.15) is 0 Å². The Morgan fingerprint density at radius 2 is 0.833 bits per heavy atom. The molecule has 0 N–H and O–H groups in total. The van der Waals surface area contributed by atoms with E-state index in [0.29, 0.717) is 21.7 Å². The Morgan fingerprint density at radius 3 is 0.917 bits per heavy atom. The SMILES string of the molecule is CC(C)(C)C1CCCC1.CC(C)(C)C1CCCC1.CCC(CC)C(C)(C)C.CCCC(C)C(C)(C)C. The maximum Gasteiger partial charge on any atom is -0.0354 e. The normalized spacial score (nSPS) is 18.6. The van der Waals surface area contributed by atoms with Crippen LogP contribution in [0, 0.1) is 45.3 Å². The molecular formula is C36H76. The summed E-state index contributed by atoms with van der Waals surface area (Å²) in [5.41, 5.74) is 2.19. The minimum absolute atomic E-state index is 0.510. The quantitative estimate of drug-likeness (QED) is 0.354. The van der Waals surface area contributed by atoms with Gasteiger partial charge in [0.2, 0.25) is 0 Å². The van der Waals surface area contributed by atoms with Gasteiger partial charge in [0.15, 0.2) is 0 Å². The standard InChI is InChI=1S/2C9H18.2C9H20/c2*1-9(2,3)8-6-4-5-7-8;1-6-7-8(2)9(3,4)5;1-6-8(7-2)9(3,4)5/h2*8H,4-7H2,1-3H3;2*8H,6-7H2,1-5H3. The van der Waals surface area contributed by atoms with E-state index in [9.17, 15) is 0 Å². The highest BCUT2D eigenvalue weighted by Crippen LogP contribution is 2.39. The molecule has 0 aromatic heterocycles. The van der Waals surface area contributed by atoms with Crippen molar-refractivity contribution in [3.8, 4) is 0 Å². The lowest BCUT2D eigenvalue weighted by atomic mass is 9.78. The summed E-state index contributed by atoms with van der Waals surface area (Å²) in [7, 11) is 0. The Morgan fingerprint density at radius 1 is 0.528 bits per heavy atom. The molecule has 0 amide bonds. The number of hydrogen-bond acceptors (Lipinski definition) is 0. The predicted octanol–water partition coefficient (Wildman–Crippen LogP) is 13.4. The van der Waals surface area contributed by atoms with E-state index < -0.39 is 0 Å². The van der Waals surface area contributed by atoms with Crippen LogP contribution in [-0.2, 0) is 0 Å². The van der Waals surface area contributed by atoms with Crippen LogP contribution < -0.4 is 0 Å². The van der Waals surface area contributed by atoms with Gasteiger partial charge in [-0.2, -0.15) is 0 Å². The maximum atomic E-state index is 2.36. The Kier molecular flexibility index (Phi) is 18.6. The maximum absolute atomic E-state index is 2.36. The fourth-order valence-electron chi connectivity index (χ4n) is 5.96. The van der Waals surface area contributed by atoms with Crippen molar-refractivity contribution in [3.63, 3.8) is 0 Å². The van der Waals surface area contributed by atoms with Crippen LogP contribution in [0.4, 0.5) is 0 Å². The average molecular weight is 509 g/mol. The van der Waals surface area contributed by atoms with Crippen LogP contribution in [0.2, 0.25) is 0 Å². The highest BCUT2D eigenvalue weighted by atomic mass is 14.3. The van der Waals surface area contributed by atoms with Gasteiger partial charge in [-0.1, -0.05) is 162 Å². The summed E-state index contributed by atoms with van der Waals surface area (Å²) in [5, 5.41) is 0. The first kappa shape index (κ1) is 38.1. The molecule has 2 aliphatic carbocycles. The lowest BCUT2D eigenvalue weighted by Crippen LogP contribution is -2.18. The molecule has 0 spiro atoms. The Bertz CT molecular complexity index is 440. The lowest BCUT2D eigenvalue weighted by Gasteiger charge is -2.28. The molecule has 2 saturated carbocycles. The van der Waals surface area contributed by atoms with Crippen molar-refractivity contribution in [1.82, 2.24) is 0 Å². The van der Waals surface area contributed by atoms with Crippen molar-refractivity contribution in [2.24, 2.45) is 45.3 Å². The van der Waals surface area contributed by atoms with Crippen molar-refractivity contribution in [2.45, 2.75) is 188 Å². The van der Waals surface area contributed by atoms with Gasteiger partial charge >= 0.3 is 0 Å². The van der Waals surface area contributed by atoms with Crippen molar-refractivity contribution < 1.29 is 0 Å². The molecule has 0 heterocycles. The third-order valence-corrected chi connectivity index (χ3v) is 9.57. The van der Waals surface area contributed by atoms with Crippen LogP contribution in [0.5, 0.6) is 0 Å². The number of rotatable bonds is 4. The highest BCUT2D eigenvalue weighted by molar-refractivity contribution is 4.79. The molecule has 0 saturated heterocycles. The van der Waals surface area contributed by atoms with Gasteiger partial charge < -0.3 is 0 Å². The molecule has 36 heavy (non-hydrogen) atoms. The monoisotopic (exact) mass is 509 g/mol. The van der Waals surface area contributed by atoms with E-state index in [1.54, 1.807) is 0 Å². The zero-order valence-corrected chi connectivity index (χ0v) is 28.8. The summed E-state index contributed by atoms with van der Waals surface area (Å²) >= 11 is 0. The summed E-state index contributed by atoms with van der Waals surface area (Å²) < 4.78 is 0. The molecule has 0 nitrogen and oxygen atoms in total. The minimum atomic E-state index is 0.510. The summed E-state index contributed by atoms with van der Waals surface area (Å²) in [5.74, 6) is 3.79. The van der Waals surface area contributed by atoms with Crippen LogP contribution in [0.15, 0.2) is 0 Å². The molecule has 1 atom stereocenters. The zero-order valence-electron chi connectivity index (χ0n) is 28.8. The van der Waals surface area contributed by atoms with Gasteiger partial charge in [-0.25, -0.2) is 0 Å². The van der Waals surface area contributed by atoms with Crippen LogP contribution in [-0.4, -0.2) is 0 Å². The summed E-state index contributed by atoms with van der Waals surface area (Å²) in [6, 6.07) is 0. The second-order valence-electron chi connectivity index (χ2n) is 16.6. The summed E-state index contributed by atoms with van der Waals surface area (Å²) in [6.45, 7) is 37.2. The molecule has 0 aromatic carbocycles. The summed E-state index contributed by atoms with van der Waals surface area (Å²) in [4.78, 5) is 0. The molecule has 0 aromatic rings. The van der Waals surface area contributed by atoms with Gasteiger partial charge in [0.25, 0.3) is 0 Å². The Balaban J connectivity index is 0. The predicted molar refractivity (Wildman–Crippen MR) is 170 cm³/mol. The molecule has 0 aliphatic heterocycles. The molecule has 0 heteroatoms. The largest absolute Gasteiger partial charge is 0.0654 e. The van der Waals surface area contributed by atoms with Crippen LogP contribution in [0.3, 0.4) is 0 Å². The first-order valence-electron chi connectivity index (χ1n) is 16.2. The topological polar surface area (TPSA) is 0 Å². The molecule has 2 fully saturated rings. The second-order valence-corrected chi connectivity index (χ2v) is 16.6. The van der Waals surface area contributed by atoms with Gasteiger partial charge in [-0.05, 0) is 71.0 Å². The van der Waals surface area contributed by atoms with Gasteiger partial charge in [0, 0.05) is 0 Å². The van der Waals surface area contributed by atoms with Crippen molar-refractivity contribution >= 4 is 0 Å². The van der Waals surface area contributed by atoms with E-state index in [1.807, 2.05) is 0 Å². The Labute approximate surface area is 233 Å². The van der Waals surface area contributed by atoms with Crippen LogP contribution in [0.1, 0.15) is 188 Å². The van der Waals surface area contributed by atoms with E-state index in [1.165, 1.54) is 77.0 Å². The molecular weight excluding hydrogens is 432 g/mol. The van der Waals surface area contributed by atoms with E-state index in [2.05, 4.69) is 111 Å². The number of hydrogen-bond donors (Lipinski definition) is 0. The fourth-order valence-corrected chi connectivity index (χ4v) is 5.96. The first-order chi connectivity index (χ1) is 16.2. The van der Waals surface area contributed by atoms with E-state index in [4.69, 9.17) is 0 Å². The summed E-state index contributed by atoms with van der Waals surface area (Å²) in [6.07, 6.45) is 17.1. The van der Waals surface area contributed by atoms with E-state index in [-0.39, 0.29) is 0 Å². The van der Waals surface area contributed by atoms with E-state index in [0.717, 1.165) is 23.7 Å². The third-order valence-electron chi connectivity index (χ3n) is 9.57. The average Bonchev–Trinajstić information content (AvgIpc) is 3.42. The minimum Gasteiger partial charge on any atom is -0.0654 e. The molecule has 2 rings (SSSR count). The van der Waals surface area contributed by atoms with Gasteiger partial charge in [-0.15, -0.1) is 0 Å². The molecule has 0 bridgehead atoms. The molecule has 1 unspecified atom stereocenters. The third kappa shape index (κ3) is 18.3. The van der Waals surface area contributed by atoms with Crippen molar-refractivity contribution in [2.75, 3.05) is 0 Å². The van der Waals surface area contributed by atoms with Crippen LogP contribution in [0.25, 0.3) is 0 Å². The smallest absolute Gasteiger partial charge is 0.0354 e. The first-order valence-corrected chi connectivity index (χ1v) is 16.2. The molecule has 2 aliphatic rings. The van der Waals surface area contributed by atoms with Gasteiger partial charge in [0.05, 0.1) is 0 Å². The van der Waals surface area contributed by atoms with E-state index >= 15 is 0 Å².